The highest BCUT2D eigenvalue weighted by Crippen LogP contribution is 2.36. The summed E-state index contributed by atoms with van der Waals surface area (Å²) in [6, 6.07) is 10.3. The van der Waals surface area contributed by atoms with Gasteiger partial charge < -0.3 is 19.4 Å². The van der Waals surface area contributed by atoms with E-state index in [0.717, 1.165) is 44.3 Å². The number of carbonyl (C=O) groups excluding carboxylic acids is 2. The molecular weight excluding hydrogens is 404 g/mol. The summed E-state index contributed by atoms with van der Waals surface area (Å²) in [5.74, 6) is 0.00633. The normalized spacial score (nSPS) is 18.3. The predicted octanol–water partition coefficient (Wildman–Crippen LogP) is 2.91. The zero-order valence-corrected chi connectivity index (χ0v) is 19.2. The SMILES string of the molecule is COCC(=O)N(C)C1CCc2ccc(C(=O)N(C)C3CCN(c4ccncc4)CC3)cc21. The number of carbonyl (C=O) groups is 2. The van der Waals surface area contributed by atoms with E-state index in [0.29, 0.717) is 5.56 Å². The van der Waals surface area contributed by atoms with Gasteiger partial charge in [-0.15, -0.1) is 0 Å². The zero-order valence-electron chi connectivity index (χ0n) is 19.2. The number of aryl methyl sites for hydroxylation is 1. The lowest BCUT2D eigenvalue weighted by Gasteiger charge is -2.38. The molecule has 0 radical (unpaired) electrons. The minimum Gasteiger partial charge on any atom is -0.375 e. The van der Waals surface area contributed by atoms with E-state index in [2.05, 4.69) is 16.0 Å². The Morgan fingerprint density at radius 3 is 2.47 bits per heavy atom. The first-order chi connectivity index (χ1) is 15.5. The molecule has 2 aliphatic rings. The van der Waals surface area contributed by atoms with Gasteiger partial charge in [-0.1, -0.05) is 6.07 Å². The summed E-state index contributed by atoms with van der Waals surface area (Å²) in [6.45, 7) is 1.91. The molecule has 0 spiro atoms. The first-order valence-electron chi connectivity index (χ1n) is 11.3. The van der Waals surface area contributed by atoms with Crippen molar-refractivity contribution in [3.8, 4) is 0 Å². The van der Waals surface area contributed by atoms with Crippen molar-refractivity contribution in [2.75, 3.05) is 45.8 Å². The molecule has 4 rings (SSSR count). The van der Waals surface area contributed by atoms with Gasteiger partial charge in [-0.2, -0.15) is 0 Å². The highest BCUT2D eigenvalue weighted by molar-refractivity contribution is 5.94. The zero-order chi connectivity index (χ0) is 22.7. The van der Waals surface area contributed by atoms with Crippen molar-refractivity contribution < 1.29 is 14.3 Å². The third-order valence-electron chi connectivity index (χ3n) is 6.93. The summed E-state index contributed by atoms with van der Waals surface area (Å²) in [6.07, 6.45) is 7.31. The monoisotopic (exact) mass is 436 g/mol. The molecule has 1 aromatic heterocycles. The molecule has 0 bridgehead atoms. The van der Waals surface area contributed by atoms with Gasteiger partial charge in [0.15, 0.2) is 0 Å². The average Bonchev–Trinajstić information content (AvgIpc) is 3.26. The maximum atomic E-state index is 13.3. The Labute approximate surface area is 190 Å². The average molecular weight is 437 g/mol. The number of piperidine rings is 1. The number of hydrogen-bond donors (Lipinski definition) is 0. The Kier molecular flexibility index (Phi) is 6.74. The number of amides is 2. The van der Waals surface area contributed by atoms with Gasteiger partial charge in [0, 0.05) is 64.0 Å². The number of likely N-dealkylation sites (N-methyl/N-ethyl adjacent to an activating group) is 1. The van der Waals surface area contributed by atoms with Gasteiger partial charge in [0.1, 0.15) is 6.61 Å². The van der Waals surface area contributed by atoms with Crippen molar-refractivity contribution >= 4 is 17.5 Å². The number of aromatic nitrogens is 1. The van der Waals surface area contributed by atoms with E-state index < -0.39 is 0 Å². The molecule has 1 saturated heterocycles. The van der Waals surface area contributed by atoms with E-state index in [9.17, 15) is 9.59 Å². The summed E-state index contributed by atoms with van der Waals surface area (Å²) in [7, 11) is 5.26. The fourth-order valence-corrected chi connectivity index (χ4v) is 4.95. The molecule has 1 aromatic carbocycles. The second-order valence-corrected chi connectivity index (χ2v) is 8.75. The Bertz CT molecular complexity index is 957. The quantitative estimate of drug-likeness (QED) is 0.697. The number of ether oxygens (including phenoxy) is 1. The Morgan fingerprint density at radius 2 is 1.78 bits per heavy atom. The Hall–Kier alpha value is -2.93. The van der Waals surface area contributed by atoms with E-state index in [1.54, 1.807) is 4.90 Å². The summed E-state index contributed by atoms with van der Waals surface area (Å²) in [5, 5.41) is 0. The van der Waals surface area contributed by atoms with Crippen LogP contribution in [0.15, 0.2) is 42.7 Å². The van der Waals surface area contributed by atoms with Gasteiger partial charge in [0.05, 0.1) is 6.04 Å². The first-order valence-corrected chi connectivity index (χ1v) is 11.3. The molecule has 1 atom stereocenters. The molecule has 0 N–H and O–H groups in total. The molecule has 2 aromatic rings. The van der Waals surface area contributed by atoms with Crippen molar-refractivity contribution in [3.05, 3.63) is 59.4 Å². The van der Waals surface area contributed by atoms with E-state index in [1.807, 2.05) is 55.7 Å². The molecule has 1 fully saturated rings. The van der Waals surface area contributed by atoms with Crippen LogP contribution in [-0.4, -0.2) is 73.5 Å². The van der Waals surface area contributed by atoms with Crippen molar-refractivity contribution in [1.82, 2.24) is 14.8 Å². The topological polar surface area (TPSA) is 66.0 Å². The molecule has 1 unspecified atom stereocenters. The number of anilines is 1. The molecule has 1 aliphatic heterocycles. The van der Waals surface area contributed by atoms with E-state index in [4.69, 9.17) is 4.74 Å². The number of fused-ring (bicyclic) bond motifs is 1. The number of pyridine rings is 1. The van der Waals surface area contributed by atoms with Gasteiger partial charge in [0.2, 0.25) is 5.91 Å². The first kappa shape index (κ1) is 22.3. The van der Waals surface area contributed by atoms with Gasteiger partial charge in [-0.25, -0.2) is 0 Å². The molecule has 7 nitrogen and oxygen atoms in total. The lowest BCUT2D eigenvalue weighted by molar-refractivity contribution is -0.136. The largest absolute Gasteiger partial charge is 0.375 e. The molecule has 2 amide bonds. The summed E-state index contributed by atoms with van der Waals surface area (Å²) >= 11 is 0. The standard InChI is InChI=1S/C25H32N4O3/c1-27(20-10-14-29(15-11-20)21-8-12-26-13-9-21)25(31)19-5-4-18-6-7-23(22(18)16-19)28(2)24(30)17-32-3/h4-5,8-9,12-13,16,20,23H,6-7,10-11,14-15,17H2,1-3H3. The van der Waals surface area contributed by atoms with Crippen molar-refractivity contribution in [1.29, 1.82) is 0 Å². The second kappa shape index (κ2) is 9.69. The molecule has 170 valence electrons. The van der Waals surface area contributed by atoms with Crippen LogP contribution < -0.4 is 4.90 Å². The Morgan fingerprint density at radius 1 is 1.06 bits per heavy atom. The third-order valence-corrected chi connectivity index (χ3v) is 6.93. The second-order valence-electron chi connectivity index (χ2n) is 8.75. The molecule has 32 heavy (non-hydrogen) atoms. The van der Waals surface area contributed by atoms with Crippen LogP contribution in [0.25, 0.3) is 0 Å². The number of hydrogen-bond acceptors (Lipinski definition) is 5. The van der Waals surface area contributed by atoms with Crippen LogP contribution in [0, 0.1) is 0 Å². The van der Waals surface area contributed by atoms with Crippen molar-refractivity contribution in [2.45, 2.75) is 37.8 Å². The predicted molar refractivity (Wildman–Crippen MR) is 124 cm³/mol. The highest BCUT2D eigenvalue weighted by Gasteiger charge is 2.31. The third kappa shape index (κ3) is 4.48. The van der Waals surface area contributed by atoms with Crippen LogP contribution in [0.4, 0.5) is 5.69 Å². The van der Waals surface area contributed by atoms with Gasteiger partial charge >= 0.3 is 0 Å². The van der Waals surface area contributed by atoms with Crippen molar-refractivity contribution in [3.63, 3.8) is 0 Å². The van der Waals surface area contributed by atoms with Crippen LogP contribution in [0.2, 0.25) is 0 Å². The number of methoxy groups -OCH3 is 1. The molecule has 0 saturated carbocycles. The maximum absolute atomic E-state index is 13.3. The van der Waals surface area contributed by atoms with Gasteiger partial charge in [-0.3, -0.25) is 14.6 Å². The molecule has 1 aliphatic carbocycles. The molecular formula is C25H32N4O3. The number of benzene rings is 1. The summed E-state index contributed by atoms with van der Waals surface area (Å²) in [5.41, 5.74) is 4.19. The van der Waals surface area contributed by atoms with Crippen LogP contribution in [-0.2, 0) is 16.0 Å². The highest BCUT2D eigenvalue weighted by atomic mass is 16.5. The molecule has 2 heterocycles. The molecule has 7 heteroatoms. The minimum atomic E-state index is -0.0415. The fraction of sp³-hybridized carbons (Fsp3) is 0.480. The number of rotatable bonds is 6. The fourth-order valence-electron chi connectivity index (χ4n) is 4.95. The minimum absolute atomic E-state index is 0.00527. The van der Waals surface area contributed by atoms with Crippen molar-refractivity contribution in [2.24, 2.45) is 0 Å². The van der Waals surface area contributed by atoms with E-state index in [-0.39, 0.29) is 30.5 Å². The lowest BCUT2D eigenvalue weighted by Crippen LogP contribution is -2.45. The van der Waals surface area contributed by atoms with Crippen LogP contribution in [0.1, 0.15) is 46.8 Å². The summed E-state index contributed by atoms with van der Waals surface area (Å²) < 4.78 is 5.01. The van der Waals surface area contributed by atoms with Crippen LogP contribution in [0.3, 0.4) is 0 Å². The van der Waals surface area contributed by atoms with E-state index >= 15 is 0 Å². The Balaban J connectivity index is 1.43. The number of nitrogens with zero attached hydrogens (tertiary/aromatic N) is 4. The van der Waals surface area contributed by atoms with Gasteiger partial charge in [-0.05, 0) is 61.1 Å². The van der Waals surface area contributed by atoms with Gasteiger partial charge in [0.25, 0.3) is 5.91 Å². The van der Waals surface area contributed by atoms with E-state index in [1.165, 1.54) is 18.4 Å². The van der Waals surface area contributed by atoms with Crippen LogP contribution >= 0.6 is 0 Å². The maximum Gasteiger partial charge on any atom is 0.253 e. The summed E-state index contributed by atoms with van der Waals surface area (Å²) in [4.78, 5) is 35.7. The smallest absolute Gasteiger partial charge is 0.253 e. The van der Waals surface area contributed by atoms with Crippen LogP contribution in [0.5, 0.6) is 0 Å². The lowest BCUT2D eigenvalue weighted by atomic mass is 10.00.